The van der Waals surface area contributed by atoms with Gasteiger partial charge in [-0.15, -0.1) is 0 Å². The number of hydrogen-bond donors (Lipinski definition) is 0. The van der Waals surface area contributed by atoms with E-state index < -0.39 is 0 Å². The maximum absolute atomic E-state index is 2.56. The summed E-state index contributed by atoms with van der Waals surface area (Å²) in [7, 11) is 0. The lowest BCUT2D eigenvalue weighted by molar-refractivity contribution is 0.522. The molecule has 0 spiro atoms. The summed E-state index contributed by atoms with van der Waals surface area (Å²) >= 11 is 0. The van der Waals surface area contributed by atoms with E-state index in [0.717, 1.165) is 6.42 Å². The van der Waals surface area contributed by atoms with Crippen LogP contribution in [-0.2, 0) is 19.3 Å². The first-order valence-corrected chi connectivity index (χ1v) is 13.2. The summed E-state index contributed by atoms with van der Waals surface area (Å²) in [5.41, 5.74) is 6.42. The van der Waals surface area contributed by atoms with E-state index in [1.807, 2.05) is 0 Å². The molecular formula is C29H46. The van der Waals surface area contributed by atoms with Crippen molar-refractivity contribution in [3.05, 3.63) is 40.5 Å². The minimum absolute atomic E-state index is 1.16. The van der Waals surface area contributed by atoms with Gasteiger partial charge in [-0.3, -0.25) is 0 Å². The lowest BCUT2D eigenvalue weighted by Crippen LogP contribution is -1.99. The maximum atomic E-state index is 2.56. The van der Waals surface area contributed by atoms with Gasteiger partial charge in [0.05, 0.1) is 0 Å². The Balaban J connectivity index is 1.48. The molecule has 29 heavy (non-hydrogen) atoms. The summed E-state index contributed by atoms with van der Waals surface area (Å²) in [6, 6.07) is 5.09. The van der Waals surface area contributed by atoms with Gasteiger partial charge in [0.2, 0.25) is 0 Å². The first-order valence-electron chi connectivity index (χ1n) is 13.2. The fourth-order valence-electron chi connectivity index (χ4n) is 5.33. The van der Waals surface area contributed by atoms with E-state index >= 15 is 0 Å². The van der Waals surface area contributed by atoms with Gasteiger partial charge in [-0.2, -0.15) is 0 Å². The van der Waals surface area contributed by atoms with Crippen LogP contribution < -0.4 is 0 Å². The van der Waals surface area contributed by atoms with Gasteiger partial charge in [-0.1, -0.05) is 127 Å². The predicted molar refractivity (Wildman–Crippen MR) is 130 cm³/mol. The van der Waals surface area contributed by atoms with Gasteiger partial charge >= 0.3 is 0 Å². The molecule has 0 heterocycles. The Morgan fingerprint density at radius 2 is 0.759 bits per heavy atom. The quantitative estimate of drug-likeness (QED) is 0.411. The molecule has 1 aromatic rings. The minimum Gasteiger partial charge on any atom is -0.0795 e. The van der Waals surface area contributed by atoms with Crippen LogP contribution in [0.15, 0.2) is 18.2 Å². The van der Waals surface area contributed by atoms with Crippen molar-refractivity contribution in [3.63, 3.8) is 0 Å². The lowest BCUT2D eigenvalue weighted by Gasteiger charge is -2.13. The molecule has 0 nitrogen and oxygen atoms in total. The average molecular weight is 395 g/mol. The standard InChI is InChI=1S/C29H46/c1-2-4-6-8-10-12-14-16-18-21-27-25-29-23-19-22-28(29)24-26(27)20-17-15-13-11-9-7-5-3-1/h19,22,24-25H,1-18,20-21,23H2. The monoisotopic (exact) mass is 394 g/mol. The van der Waals surface area contributed by atoms with Crippen molar-refractivity contribution in [1.82, 2.24) is 0 Å². The zero-order chi connectivity index (χ0) is 20.0. The number of allylic oxidation sites excluding steroid dienone is 1. The molecule has 0 aromatic heterocycles. The molecule has 2 aliphatic carbocycles. The second-order valence-electron chi connectivity index (χ2n) is 9.79. The molecule has 1 aromatic carbocycles. The summed E-state index contributed by atoms with van der Waals surface area (Å²) in [6.45, 7) is 0. The Morgan fingerprint density at radius 3 is 1.21 bits per heavy atom. The highest BCUT2D eigenvalue weighted by Crippen LogP contribution is 2.27. The molecule has 0 saturated carbocycles. The third kappa shape index (κ3) is 8.69. The van der Waals surface area contributed by atoms with Gasteiger partial charge in [-0.05, 0) is 54.4 Å². The Morgan fingerprint density at radius 1 is 0.379 bits per heavy atom. The van der Waals surface area contributed by atoms with Crippen LogP contribution >= 0.6 is 0 Å². The molecule has 0 saturated heterocycles. The number of aryl methyl sites for hydroxylation is 2. The highest BCUT2D eigenvalue weighted by atomic mass is 14.2. The predicted octanol–water partition coefficient (Wildman–Crippen LogP) is 9.38. The van der Waals surface area contributed by atoms with Crippen molar-refractivity contribution < 1.29 is 0 Å². The second kappa shape index (κ2) is 14.1. The van der Waals surface area contributed by atoms with Crippen LogP contribution in [0.25, 0.3) is 6.08 Å². The van der Waals surface area contributed by atoms with E-state index in [4.69, 9.17) is 0 Å². The van der Waals surface area contributed by atoms with E-state index in [1.165, 1.54) is 134 Å². The van der Waals surface area contributed by atoms with Crippen molar-refractivity contribution in [3.8, 4) is 0 Å². The summed E-state index contributed by atoms with van der Waals surface area (Å²) in [5, 5.41) is 0. The van der Waals surface area contributed by atoms with Crippen LogP contribution in [0.2, 0.25) is 0 Å². The van der Waals surface area contributed by atoms with E-state index in [9.17, 15) is 0 Å². The Labute approximate surface area is 181 Å². The minimum atomic E-state index is 1.16. The summed E-state index contributed by atoms with van der Waals surface area (Å²) in [6.07, 6.45) is 34.7. The van der Waals surface area contributed by atoms with Crippen LogP contribution in [-0.4, -0.2) is 0 Å². The Bertz CT molecular complexity index is 594. The molecule has 2 aliphatic rings. The third-order valence-electron chi connectivity index (χ3n) is 7.24. The first-order chi connectivity index (χ1) is 14.4. The largest absolute Gasteiger partial charge is 0.0795 e. The molecule has 0 amide bonds. The molecule has 3 rings (SSSR count). The van der Waals surface area contributed by atoms with E-state index in [0.29, 0.717) is 0 Å². The number of rotatable bonds is 0. The van der Waals surface area contributed by atoms with Crippen LogP contribution in [0.1, 0.15) is 138 Å². The Kier molecular flexibility index (Phi) is 11.0. The molecular weight excluding hydrogens is 348 g/mol. The second-order valence-corrected chi connectivity index (χ2v) is 9.79. The van der Waals surface area contributed by atoms with Gasteiger partial charge in [0.15, 0.2) is 0 Å². The fraction of sp³-hybridized carbons (Fsp3) is 0.724. The van der Waals surface area contributed by atoms with Gasteiger partial charge in [-0.25, -0.2) is 0 Å². The smallest absolute Gasteiger partial charge is 0.00881 e. The lowest BCUT2D eigenvalue weighted by atomic mass is 9.92. The topological polar surface area (TPSA) is 0 Å². The highest BCUT2D eigenvalue weighted by Gasteiger charge is 2.11. The molecule has 0 bridgehead atoms. The zero-order valence-corrected chi connectivity index (χ0v) is 19.2. The molecule has 0 radical (unpaired) electrons. The molecule has 162 valence electrons. The summed E-state index contributed by atoms with van der Waals surface area (Å²) in [5.74, 6) is 0. The molecule has 0 aliphatic heterocycles. The normalized spacial score (nSPS) is 21.5. The molecule has 0 atom stereocenters. The zero-order valence-electron chi connectivity index (χ0n) is 19.2. The fourth-order valence-corrected chi connectivity index (χ4v) is 5.33. The van der Waals surface area contributed by atoms with Crippen molar-refractivity contribution in [2.45, 2.75) is 135 Å². The van der Waals surface area contributed by atoms with Crippen LogP contribution in [0.3, 0.4) is 0 Å². The van der Waals surface area contributed by atoms with E-state index in [1.54, 1.807) is 16.7 Å². The average Bonchev–Trinajstić information content (AvgIpc) is 3.18. The third-order valence-corrected chi connectivity index (χ3v) is 7.24. The van der Waals surface area contributed by atoms with Gasteiger partial charge in [0, 0.05) is 0 Å². The number of benzene rings is 1. The van der Waals surface area contributed by atoms with Crippen molar-refractivity contribution >= 4 is 6.08 Å². The highest BCUT2D eigenvalue weighted by molar-refractivity contribution is 5.62. The first kappa shape index (κ1) is 22.6. The van der Waals surface area contributed by atoms with Gasteiger partial charge in [0.1, 0.15) is 0 Å². The van der Waals surface area contributed by atoms with Crippen LogP contribution in [0.4, 0.5) is 0 Å². The van der Waals surface area contributed by atoms with Gasteiger partial charge < -0.3 is 0 Å². The van der Waals surface area contributed by atoms with Crippen molar-refractivity contribution in [1.29, 1.82) is 0 Å². The molecule has 0 N–H and O–H groups in total. The Hall–Kier alpha value is -1.04. The number of hydrogen-bond acceptors (Lipinski definition) is 0. The van der Waals surface area contributed by atoms with E-state index in [-0.39, 0.29) is 0 Å². The summed E-state index contributed by atoms with van der Waals surface area (Å²) < 4.78 is 0. The summed E-state index contributed by atoms with van der Waals surface area (Å²) in [4.78, 5) is 0. The number of fused-ring (bicyclic) bond motifs is 2. The van der Waals surface area contributed by atoms with Crippen molar-refractivity contribution in [2.75, 3.05) is 0 Å². The van der Waals surface area contributed by atoms with E-state index in [2.05, 4.69) is 24.3 Å². The maximum Gasteiger partial charge on any atom is -0.00881 e. The van der Waals surface area contributed by atoms with Crippen LogP contribution in [0.5, 0.6) is 0 Å². The molecule has 0 fully saturated rings. The van der Waals surface area contributed by atoms with Crippen LogP contribution in [0, 0.1) is 0 Å². The molecule has 0 heteroatoms. The SMILES string of the molecule is C1=Cc2cc3c(cc2C1)CCCCCCCCCCCCCCCCCCCC3. The molecule has 0 unspecified atom stereocenters. The van der Waals surface area contributed by atoms with Gasteiger partial charge in [0.25, 0.3) is 0 Å². The van der Waals surface area contributed by atoms with Crippen molar-refractivity contribution in [2.24, 2.45) is 0 Å².